The highest BCUT2D eigenvalue weighted by atomic mass is 19.1. The number of nitro benzene ring substituents is 1. The fourth-order valence-electron chi connectivity index (χ4n) is 1.93. The molecule has 0 unspecified atom stereocenters. The number of nitrogens with zero attached hydrogens (tertiary/aromatic N) is 1. The fourth-order valence-corrected chi connectivity index (χ4v) is 1.93. The van der Waals surface area contributed by atoms with Crippen molar-refractivity contribution in [1.82, 2.24) is 0 Å². The summed E-state index contributed by atoms with van der Waals surface area (Å²) in [6.07, 6.45) is 0.546. The Hall–Kier alpha value is -2.96. The maximum atomic E-state index is 13.0. The number of nitrogens with one attached hydrogen (secondary N) is 1. The van der Waals surface area contributed by atoms with Crippen LogP contribution in [-0.2, 0) is 4.79 Å². The Labute approximate surface area is 132 Å². The van der Waals surface area contributed by atoms with Gasteiger partial charge in [-0.25, -0.2) is 4.39 Å². The Morgan fingerprint density at radius 3 is 2.74 bits per heavy atom. The van der Waals surface area contributed by atoms with Crippen LogP contribution in [0, 0.1) is 15.9 Å². The van der Waals surface area contributed by atoms with E-state index in [2.05, 4.69) is 5.32 Å². The quantitative estimate of drug-likeness (QED) is 0.481. The summed E-state index contributed by atoms with van der Waals surface area (Å²) in [5.74, 6) is -0.535. The summed E-state index contributed by atoms with van der Waals surface area (Å²) in [7, 11) is 0. The normalized spacial score (nSPS) is 10.1. The summed E-state index contributed by atoms with van der Waals surface area (Å²) in [6, 6.07) is 11.7. The predicted molar refractivity (Wildman–Crippen MR) is 82.9 cm³/mol. The number of rotatable bonds is 7. The van der Waals surface area contributed by atoms with Crippen molar-refractivity contribution in [3.63, 3.8) is 0 Å². The molecule has 2 rings (SSSR count). The van der Waals surface area contributed by atoms with Crippen LogP contribution in [0.25, 0.3) is 0 Å². The Morgan fingerprint density at radius 2 is 2.00 bits per heavy atom. The fraction of sp³-hybridized carbons (Fsp3) is 0.188. The van der Waals surface area contributed by atoms with E-state index in [1.165, 1.54) is 30.3 Å². The van der Waals surface area contributed by atoms with Crippen LogP contribution in [-0.4, -0.2) is 17.4 Å². The van der Waals surface area contributed by atoms with E-state index in [1.807, 2.05) is 0 Å². The van der Waals surface area contributed by atoms with Crippen molar-refractivity contribution < 1.29 is 18.8 Å². The van der Waals surface area contributed by atoms with Crippen molar-refractivity contribution >= 4 is 17.3 Å². The monoisotopic (exact) mass is 318 g/mol. The van der Waals surface area contributed by atoms with E-state index in [4.69, 9.17) is 4.74 Å². The minimum atomic E-state index is -0.522. The van der Waals surface area contributed by atoms with E-state index in [1.54, 1.807) is 18.2 Å². The average molecular weight is 318 g/mol. The molecule has 0 saturated heterocycles. The lowest BCUT2D eigenvalue weighted by molar-refractivity contribution is -0.385. The maximum absolute atomic E-state index is 13.0. The smallest absolute Gasteiger partial charge is 0.310 e. The largest absolute Gasteiger partial charge is 0.487 e. The Kier molecular flexibility index (Phi) is 5.62. The lowest BCUT2D eigenvalue weighted by Gasteiger charge is -2.07. The molecule has 0 aliphatic carbocycles. The molecule has 23 heavy (non-hydrogen) atoms. The van der Waals surface area contributed by atoms with Crippen LogP contribution in [0.15, 0.2) is 48.5 Å². The van der Waals surface area contributed by atoms with Gasteiger partial charge in [0.05, 0.1) is 11.5 Å². The van der Waals surface area contributed by atoms with Crippen molar-refractivity contribution in [2.45, 2.75) is 12.8 Å². The summed E-state index contributed by atoms with van der Waals surface area (Å²) >= 11 is 0. The number of ether oxygens (including phenoxy) is 1. The molecule has 2 aromatic carbocycles. The van der Waals surface area contributed by atoms with Gasteiger partial charge in [0.1, 0.15) is 5.82 Å². The van der Waals surface area contributed by atoms with Crippen LogP contribution in [0.4, 0.5) is 15.8 Å². The van der Waals surface area contributed by atoms with Crippen molar-refractivity contribution in [3.8, 4) is 5.75 Å². The molecule has 0 heterocycles. The number of nitro groups is 1. The molecular formula is C16H15FN2O4. The number of hydrogen-bond donors (Lipinski definition) is 1. The van der Waals surface area contributed by atoms with Gasteiger partial charge in [0.2, 0.25) is 5.91 Å². The Bertz CT molecular complexity index is 706. The lowest BCUT2D eigenvalue weighted by Crippen LogP contribution is -2.13. The number of amides is 1. The number of para-hydroxylation sites is 2. The third-order valence-corrected chi connectivity index (χ3v) is 2.98. The number of halogens is 1. The average Bonchev–Trinajstić information content (AvgIpc) is 2.52. The molecule has 0 saturated carbocycles. The van der Waals surface area contributed by atoms with Crippen LogP contribution in [0.3, 0.4) is 0 Å². The molecule has 0 atom stereocenters. The highest BCUT2D eigenvalue weighted by molar-refractivity contribution is 5.90. The standard InChI is InChI=1S/C16H15FN2O4/c17-12-5-3-6-13(11-12)18-16(20)9-4-10-23-15-8-2-1-7-14(15)19(21)22/h1-3,5-8,11H,4,9-10H2,(H,18,20). The highest BCUT2D eigenvalue weighted by Crippen LogP contribution is 2.25. The molecule has 0 fully saturated rings. The molecule has 0 radical (unpaired) electrons. The maximum Gasteiger partial charge on any atom is 0.310 e. The van der Waals surface area contributed by atoms with Gasteiger partial charge in [0, 0.05) is 18.2 Å². The van der Waals surface area contributed by atoms with Gasteiger partial charge in [-0.3, -0.25) is 14.9 Å². The zero-order chi connectivity index (χ0) is 16.7. The molecule has 0 bridgehead atoms. The first kappa shape index (κ1) is 16.4. The molecule has 0 aliphatic rings. The second kappa shape index (κ2) is 7.88. The second-order valence-electron chi connectivity index (χ2n) is 4.74. The van der Waals surface area contributed by atoms with Crippen molar-refractivity contribution in [1.29, 1.82) is 0 Å². The van der Waals surface area contributed by atoms with Crippen molar-refractivity contribution in [3.05, 3.63) is 64.5 Å². The van der Waals surface area contributed by atoms with Crippen LogP contribution < -0.4 is 10.1 Å². The van der Waals surface area contributed by atoms with E-state index in [0.717, 1.165) is 0 Å². The minimum absolute atomic E-state index is 0.114. The summed E-state index contributed by atoms with van der Waals surface area (Å²) in [5, 5.41) is 13.4. The topological polar surface area (TPSA) is 81.5 Å². The van der Waals surface area contributed by atoms with Crippen LogP contribution >= 0.6 is 0 Å². The van der Waals surface area contributed by atoms with E-state index in [0.29, 0.717) is 12.1 Å². The first-order valence-corrected chi connectivity index (χ1v) is 6.98. The van der Waals surface area contributed by atoms with Crippen LogP contribution in [0.5, 0.6) is 5.75 Å². The lowest BCUT2D eigenvalue weighted by atomic mass is 10.2. The third-order valence-electron chi connectivity index (χ3n) is 2.98. The molecule has 0 spiro atoms. The molecule has 0 aliphatic heterocycles. The summed E-state index contributed by atoms with van der Waals surface area (Å²) in [4.78, 5) is 22.0. The molecule has 120 valence electrons. The van der Waals surface area contributed by atoms with Gasteiger partial charge >= 0.3 is 5.69 Å². The first-order valence-electron chi connectivity index (χ1n) is 6.98. The number of benzene rings is 2. The molecule has 6 nitrogen and oxygen atoms in total. The molecule has 2 aromatic rings. The van der Waals surface area contributed by atoms with E-state index < -0.39 is 10.7 Å². The summed E-state index contributed by atoms with van der Waals surface area (Å²) in [6.45, 7) is 0.168. The van der Waals surface area contributed by atoms with Gasteiger partial charge in [0.15, 0.2) is 5.75 Å². The molecule has 1 N–H and O–H groups in total. The summed E-state index contributed by atoms with van der Waals surface area (Å²) in [5.41, 5.74) is 0.270. The molecule has 7 heteroatoms. The van der Waals surface area contributed by atoms with Gasteiger partial charge in [0.25, 0.3) is 0 Å². The summed E-state index contributed by atoms with van der Waals surface area (Å²) < 4.78 is 18.3. The minimum Gasteiger partial charge on any atom is -0.487 e. The predicted octanol–water partition coefficient (Wildman–Crippen LogP) is 3.53. The zero-order valence-electron chi connectivity index (χ0n) is 12.2. The second-order valence-corrected chi connectivity index (χ2v) is 4.74. The van der Waals surface area contributed by atoms with Crippen LogP contribution in [0.1, 0.15) is 12.8 Å². The van der Waals surface area contributed by atoms with Gasteiger partial charge in [-0.2, -0.15) is 0 Å². The third kappa shape index (κ3) is 5.06. The number of anilines is 1. The Balaban J connectivity index is 1.77. The van der Waals surface area contributed by atoms with Gasteiger partial charge in [-0.1, -0.05) is 18.2 Å². The van der Waals surface area contributed by atoms with Gasteiger partial charge in [-0.15, -0.1) is 0 Å². The van der Waals surface area contributed by atoms with Crippen molar-refractivity contribution in [2.75, 3.05) is 11.9 Å². The van der Waals surface area contributed by atoms with Crippen molar-refractivity contribution in [2.24, 2.45) is 0 Å². The Morgan fingerprint density at radius 1 is 1.22 bits per heavy atom. The number of carbonyl (C=O) groups is 1. The van der Waals surface area contributed by atoms with E-state index in [9.17, 15) is 19.3 Å². The molecule has 0 aromatic heterocycles. The SMILES string of the molecule is O=C(CCCOc1ccccc1[N+](=O)[O-])Nc1cccc(F)c1. The van der Waals surface area contributed by atoms with Gasteiger partial charge in [-0.05, 0) is 30.7 Å². The first-order chi connectivity index (χ1) is 11.1. The van der Waals surface area contributed by atoms with Crippen LogP contribution in [0.2, 0.25) is 0 Å². The van der Waals surface area contributed by atoms with E-state index in [-0.39, 0.29) is 30.4 Å². The number of carbonyl (C=O) groups excluding carboxylic acids is 1. The van der Waals surface area contributed by atoms with Gasteiger partial charge < -0.3 is 10.1 Å². The number of hydrogen-bond acceptors (Lipinski definition) is 4. The highest BCUT2D eigenvalue weighted by Gasteiger charge is 2.13. The zero-order valence-corrected chi connectivity index (χ0v) is 12.2. The molecule has 1 amide bonds. The van der Waals surface area contributed by atoms with E-state index >= 15 is 0 Å². The molecular weight excluding hydrogens is 303 g/mol.